The van der Waals surface area contributed by atoms with Crippen LogP contribution in [-0.4, -0.2) is 49.8 Å². The largest absolute Gasteiger partial charge is 0.394 e. The van der Waals surface area contributed by atoms with Gasteiger partial charge in [0.1, 0.15) is 18.3 Å². The Hall–Kier alpha value is -0.780. The number of aliphatic hydroxyl groups is 3. The van der Waals surface area contributed by atoms with Crippen LogP contribution in [0.1, 0.15) is 11.8 Å². The molecule has 0 saturated carbocycles. The number of halogens is 2. The van der Waals surface area contributed by atoms with Crippen molar-refractivity contribution in [3.05, 3.63) is 37.6 Å². The molecule has 0 amide bonds. The first kappa shape index (κ1) is 16.6. The predicted molar refractivity (Wildman–Crippen MR) is 80.2 cm³/mol. The third kappa shape index (κ3) is 3.05. The van der Waals surface area contributed by atoms with Crippen LogP contribution >= 0.6 is 31.9 Å². The van der Waals surface area contributed by atoms with Gasteiger partial charge in [-0.3, -0.25) is 14.3 Å². The van der Waals surface area contributed by atoms with Gasteiger partial charge >= 0.3 is 5.69 Å². The number of hydrogen-bond donors (Lipinski definition) is 4. The van der Waals surface area contributed by atoms with E-state index in [4.69, 9.17) is 9.84 Å². The second kappa shape index (κ2) is 6.55. The topological polar surface area (TPSA) is 125 Å². The van der Waals surface area contributed by atoms with E-state index in [1.54, 1.807) is 0 Å². The van der Waals surface area contributed by atoms with Crippen LogP contribution in [0.3, 0.4) is 0 Å². The molecule has 0 bridgehead atoms. The summed E-state index contributed by atoms with van der Waals surface area (Å²) in [5, 5.41) is 28.7. The molecule has 1 aliphatic heterocycles. The Labute approximate surface area is 134 Å². The molecule has 2 unspecified atom stereocenters. The maximum Gasteiger partial charge on any atom is 0.330 e. The average Bonchev–Trinajstić information content (AvgIpc) is 2.74. The lowest BCUT2D eigenvalue weighted by Gasteiger charge is -2.17. The molecule has 0 aliphatic carbocycles. The molecule has 2 rings (SSSR count). The second-order valence-corrected chi connectivity index (χ2v) is 5.71. The van der Waals surface area contributed by atoms with Gasteiger partial charge in [-0.05, 0) is 20.9 Å². The number of aromatic nitrogens is 2. The molecule has 1 aliphatic rings. The fraction of sp³-hybridized carbons (Fsp3) is 0.455. The summed E-state index contributed by atoms with van der Waals surface area (Å²) in [6, 6.07) is 0. The number of aliphatic hydroxyl groups excluding tert-OH is 3. The van der Waals surface area contributed by atoms with Crippen molar-refractivity contribution < 1.29 is 20.1 Å². The van der Waals surface area contributed by atoms with Gasteiger partial charge in [0, 0.05) is 10.7 Å². The highest BCUT2D eigenvalue weighted by Gasteiger charge is 2.43. The van der Waals surface area contributed by atoms with E-state index in [2.05, 4.69) is 36.8 Å². The summed E-state index contributed by atoms with van der Waals surface area (Å²) >= 11 is 6.19. The van der Waals surface area contributed by atoms with E-state index < -0.39 is 42.4 Å². The maximum absolute atomic E-state index is 11.9. The Kier molecular flexibility index (Phi) is 5.17. The Bertz CT molecular complexity index is 669. The van der Waals surface area contributed by atoms with E-state index in [1.807, 2.05) is 0 Å². The van der Waals surface area contributed by atoms with Gasteiger partial charge in [0.15, 0.2) is 6.23 Å². The van der Waals surface area contributed by atoms with E-state index in [-0.39, 0.29) is 5.56 Å². The zero-order valence-corrected chi connectivity index (χ0v) is 13.6. The lowest BCUT2D eigenvalue weighted by Crippen LogP contribution is -2.38. The number of rotatable bonds is 3. The van der Waals surface area contributed by atoms with Gasteiger partial charge in [-0.1, -0.05) is 15.9 Å². The molecule has 0 spiro atoms. The molecule has 0 aromatic carbocycles. The third-order valence-electron chi connectivity index (χ3n) is 3.11. The van der Waals surface area contributed by atoms with Crippen molar-refractivity contribution in [2.75, 3.05) is 6.61 Å². The molecular weight excluding hydrogens is 416 g/mol. The van der Waals surface area contributed by atoms with Crippen LogP contribution < -0.4 is 11.2 Å². The smallest absolute Gasteiger partial charge is 0.330 e. The normalized spacial score (nSPS) is 29.9. The lowest BCUT2D eigenvalue weighted by atomic mass is 10.1. The number of nitrogens with one attached hydrogen (secondary N) is 1. The number of H-pyrrole nitrogens is 1. The van der Waals surface area contributed by atoms with Crippen LogP contribution in [0, 0.1) is 0 Å². The molecule has 1 aromatic rings. The van der Waals surface area contributed by atoms with E-state index >= 15 is 0 Å². The Morgan fingerprint density at radius 3 is 2.62 bits per heavy atom. The van der Waals surface area contributed by atoms with Crippen molar-refractivity contribution in [2.45, 2.75) is 24.5 Å². The monoisotopic (exact) mass is 426 g/mol. The van der Waals surface area contributed by atoms with Gasteiger partial charge in [-0.2, -0.15) is 0 Å². The van der Waals surface area contributed by atoms with Crippen LogP contribution in [0.2, 0.25) is 0 Å². The summed E-state index contributed by atoms with van der Waals surface area (Å²) in [5.74, 6) is 0. The van der Waals surface area contributed by atoms with Crippen molar-refractivity contribution in [1.29, 1.82) is 0 Å². The molecular formula is C11H12Br2N2O6. The first-order valence-corrected chi connectivity index (χ1v) is 7.55. The molecule has 21 heavy (non-hydrogen) atoms. The van der Waals surface area contributed by atoms with E-state index in [9.17, 15) is 19.8 Å². The molecule has 1 fully saturated rings. The Morgan fingerprint density at radius 1 is 1.43 bits per heavy atom. The zero-order chi connectivity index (χ0) is 15.7. The Balaban J connectivity index is 2.50. The van der Waals surface area contributed by atoms with Crippen LogP contribution in [0.15, 0.2) is 20.8 Å². The zero-order valence-electron chi connectivity index (χ0n) is 10.4. The summed E-state index contributed by atoms with van der Waals surface area (Å²) in [5.41, 5.74) is -1.29. The minimum absolute atomic E-state index is 0.129. The Morgan fingerprint density at radius 2 is 2.10 bits per heavy atom. The lowest BCUT2D eigenvalue weighted by molar-refractivity contribution is -0.0550. The van der Waals surface area contributed by atoms with Gasteiger partial charge in [-0.15, -0.1) is 0 Å². The minimum Gasteiger partial charge on any atom is -0.394 e. The van der Waals surface area contributed by atoms with Gasteiger partial charge in [0.25, 0.3) is 5.56 Å². The van der Waals surface area contributed by atoms with Crippen LogP contribution in [0.4, 0.5) is 0 Å². The fourth-order valence-corrected chi connectivity index (χ4v) is 2.54. The standard InChI is InChI=1S/C11H12Br2N2O6/c12-1-5(13)4-2-15(11(20)14-9(4)19)10-8(18)7(17)6(3-16)21-10/h1-2,6-8,10,16-18H,3H2,(H,14,19,20)/b5-1+/t6-,7?,8?,10-/m0/s1. The molecule has 10 heteroatoms. The average molecular weight is 428 g/mol. The number of ether oxygens (including phenoxy) is 1. The van der Waals surface area contributed by atoms with Crippen molar-refractivity contribution >= 4 is 36.3 Å². The molecule has 4 atom stereocenters. The molecule has 1 aromatic heterocycles. The number of aromatic amines is 1. The quantitative estimate of drug-likeness (QED) is 0.502. The molecule has 116 valence electrons. The van der Waals surface area contributed by atoms with E-state index in [1.165, 1.54) is 11.2 Å². The molecule has 2 heterocycles. The summed E-state index contributed by atoms with van der Waals surface area (Å²) in [6.45, 7) is -0.509. The minimum atomic E-state index is -1.41. The SMILES string of the molecule is O=c1[nH]c(=O)n([C@H]2O[C@@H](CO)C(O)C2O)cc1/C(Br)=C\Br. The summed E-state index contributed by atoms with van der Waals surface area (Å²) in [4.78, 5) is 27.1. The van der Waals surface area contributed by atoms with Crippen LogP contribution in [-0.2, 0) is 4.74 Å². The van der Waals surface area contributed by atoms with Gasteiger partial charge < -0.3 is 20.1 Å². The van der Waals surface area contributed by atoms with Gasteiger partial charge in [0.05, 0.1) is 12.2 Å². The first-order valence-electron chi connectivity index (χ1n) is 5.85. The molecule has 0 radical (unpaired) electrons. The van der Waals surface area contributed by atoms with E-state index in [0.717, 1.165) is 4.57 Å². The highest BCUT2D eigenvalue weighted by atomic mass is 79.9. The second-order valence-electron chi connectivity index (χ2n) is 4.40. The number of nitrogens with zero attached hydrogens (tertiary/aromatic N) is 1. The van der Waals surface area contributed by atoms with Crippen LogP contribution in [0.5, 0.6) is 0 Å². The van der Waals surface area contributed by atoms with Crippen molar-refractivity contribution in [1.82, 2.24) is 9.55 Å². The maximum atomic E-state index is 11.9. The van der Waals surface area contributed by atoms with E-state index in [0.29, 0.717) is 4.48 Å². The highest BCUT2D eigenvalue weighted by molar-refractivity contribution is 9.16. The molecule has 4 N–H and O–H groups in total. The van der Waals surface area contributed by atoms with Crippen molar-refractivity contribution in [3.8, 4) is 0 Å². The number of hydrogen-bond acceptors (Lipinski definition) is 6. The summed E-state index contributed by atoms with van der Waals surface area (Å²) in [6.07, 6.45) is -3.77. The predicted octanol–water partition coefficient (Wildman–Crippen LogP) is -0.764. The first-order chi connectivity index (χ1) is 9.90. The van der Waals surface area contributed by atoms with Crippen LogP contribution in [0.25, 0.3) is 4.48 Å². The third-order valence-corrected chi connectivity index (χ3v) is 4.84. The fourth-order valence-electron chi connectivity index (χ4n) is 2.01. The van der Waals surface area contributed by atoms with Gasteiger partial charge in [-0.25, -0.2) is 4.79 Å². The molecule has 1 saturated heterocycles. The summed E-state index contributed by atoms with van der Waals surface area (Å²) < 4.78 is 6.59. The van der Waals surface area contributed by atoms with Crippen molar-refractivity contribution in [3.63, 3.8) is 0 Å². The van der Waals surface area contributed by atoms with Crippen molar-refractivity contribution in [2.24, 2.45) is 0 Å². The molecule has 8 nitrogen and oxygen atoms in total. The highest BCUT2D eigenvalue weighted by Crippen LogP contribution is 2.28. The van der Waals surface area contributed by atoms with Gasteiger partial charge in [0.2, 0.25) is 0 Å². The summed E-state index contributed by atoms with van der Waals surface area (Å²) in [7, 11) is 0.